The second kappa shape index (κ2) is 4.76. The van der Waals surface area contributed by atoms with E-state index in [1.165, 1.54) is 0 Å². The average molecular weight is 289 g/mol. The van der Waals surface area contributed by atoms with Crippen molar-refractivity contribution in [2.75, 3.05) is 6.54 Å². The van der Waals surface area contributed by atoms with Crippen LogP contribution in [0.4, 0.5) is 4.79 Å². The number of amides is 1. The van der Waals surface area contributed by atoms with Crippen molar-refractivity contribution in [3.8, 4) is 0 Å². The fourth-order valence-corrected chi connectivity index (χ4v) is 3.30. The van der Waals surface area contributed by atoms with E-state index in [0.717, 1.165) is 12.0 Å². The van der Waals surface area contributed by atoms with Gasteiger partial charge >= 0.3 is 12.1 Å². The highest BCUT2D eigenvalue weighted by Gasteiger charge is 2.70. The van der Waals surface area contributed by atoms with Crippen molar-refractivity contribution >= 4 is 12.1 Å². The molecule has 0 aromatic heterocycles. The van der Waals surface area contributed by atoms with E-state index < -0.39 is 17.2 Å². The van der Waals surface area contributed by atoms with Gasteiger partial charge in [0.15, 0.2) is 5.54 Å². The van der Waals surface area contributed by atoms with Crippen molar-refractivity contribution in [3.63, 3.8) is 0 Å². The summed E-state index contributed by atoms with van der Waals surface area (Å²) in [5, 5.41) is 0. The Hall–Kier alpha value is -2.04. The zero-order valence-electron chi connectivity index (χ0n) is 12.3. The topological polar surface area (TPSA) is 55.8 Å². The number of rotatable bonds is 2. The number of nitrogens with zero attached hydrogens (tertiary/aromatic N) is 1. The molecule has 2 fully saturated rings. The second-order valence-corrected chi connectivity index (χ2v) is 6.06. The zero-order valence-corrected chi connectivity index (χ0v) is 12.3. The standard InChI is InChI=1S/C16H19NO4/c1-15(2)16(13(18)21-15)9-6-10-17(16)14(19)20-11-12-7-4-3-5-8-12/h3-5,7-8H,6,9-11H2,1-2H3. The number of likely N-dealkylation sites (tertiary alicyclic amines) is 1. The average Bonchev–Trinajstić information content (AvgIpc) is 2.94. The van der Waals surface area contributed by atoms with Gasteiger partial charge in [0.25, 0.3) is 0 Å². The van der Waals surface area contributed by atoms with Gasteiger partial charge in [-0.15, -0.1) is 0 Å². The van der Waals surface area contributed by atoms with E-state index in [4.69, 9.17) is 9.47 Å². The van der Waals surface area contributed by atoms with E-state index in [0.29, 0.717) is 13.0 Å². The van der Waals surface area contributed by atoms with E-state index in [2.05, 4.69) is 0 Å². The zero-order chi connectivity index (χ0) is 15.1. The number of carbonyl (C=O) groups excluding carboxylic acids is 2. The molecule has 1 aromatic carbocycles. The first-order chi connectivity index (χ1) is 9.97. The van der Waals surface area contributed by atoms with Gasteiger partial charge in [0.05, 0.1) is 0 Å². The molecule has 0 bridgehead atoms. The van der Waals surface area contributed by atoms with Gasteiger partial charge < -0.3 is 9.47 Å². The number of esters is 1. The van der Waals surface area contributed by atoms with Crippen LogP contribution in [-0.2, 0) is 20.9 Å². The van der Waals surface area contributed by atoms with E-state index in [9.17, 15) is 9.59 Å². The van der Waals surface area contributed by atoms with Gasteiger partial charge in [-0.25, -0.2) is 9.59 Å². The summed E-state index contributed by atoms with van der Waals surface area (Å²) in [6.07, 6.45) is 0.985. The highest BCUT2D eigenvalue weighted by Crippen LogP contribution is 2.49. The van der Waals surface area contributed by atoms with E-state index in [-0.39, 0.29) is 12.6 Å². The molecule has 1 aromatic rings. The molecule has 2 aliphatic heterocycles. The van der Waals surface area contributed by atoms with Crippen LogP contribution in [0.1, 0.15) is 32.3 Å². The molecule has 1 amide bonds. The largest absolute Gasteiger partial charge is 0.455 e. The van der Waals surface area contributed by atoms with Gasteiger partial charge in [-0.3, -0.25) is 4.90 Å². The molecule has 2 heterocycles. The minimum Gasteiger partial charge on any atom is -0.455 e. The predicted octanol–water partition coefficient (Wildman–Crippen LogP) is 2.49. The van der Waals surface area contributed by atoms with E-state index in [1.807, 2.05) is 44.2 Å². The van der Waals surface area contributed by atoms with Crippen LogP contribution in [0.2, 0.25) is 0 Å². The Labute approximate surface area is 123 Å². The molecule has 5 heteroatoms. The Kier molecular flexibility index (Phi) is 3.15. The summed E-state index contributed by atoms with van der Waals surface area (Å²) in [5.74, 6) is -0.318. The quantitative estimate of drug-likeness (QED) is 0.785. The molecule has 0 aliphatic carbocycles. The van der Waals surface area contributed by atoms with Gasteiger partial charge in [-0.1, -0.05) is 30.3 Å². The van der Waals surface area contributed by atoms with Crippen molar-refractivity contribution in [1.82, 2.24) is 4.90 Å². The number of cyclic esters (lactones) is 1. The lowest BCUT2D eigenvalue weighted by molar-refractivity contribution is -0.229. The van der Waals surface area contributed by atoms with E-state index in [1.54, 1.807) is 4.90 Å². The van der Waals surface area contributed by atoms with Gasteiger partial charge in [-0.05, 0) is 32.3 Å². The maximum Gasteiger partial charge on any atom is 0.411 e. The summed E-state index contributed by atoms with van der Waals surface area (Å²) in [4.78, 5) is 25.9. The molecule has 1 spiro atoms. The van der Waals surface area contributed by atoms with Crippen molar-refractivity contribution in [2.24, 2.45) is 0 Å². The van der Waals surface area contributed by atoms with Crippen molar-refractivity contribution < 1.29 is 19.1 Å². The highest BCUT2D eigenvalue weighted by molar-refractivity contribution is 5.93. The molecule has 5 nitrogen and oxygen atoms in total. The molecule has 0 N–H and O–H groups in total. The molecular formula is C16H19NO4. The summed E-state index contributed by atoms with van der Waals surface area (Å²) in [6, 6.07) is 9.50. The summed E-state index contributed by atoms with van der Waals surface area (Å²) >= 11 is 0. The van der Waals surface area contributed by atoms with Gasteiger partial charge in [0, 0.05) is 6.54 Å². The van der Waals surface area contributed by atoms with Gasteiger partial charge in [-0.2, -0.15) is 0 Å². The Morgan fingerprint density at radius 3 is 2.67 bits per heavy atom. The molecule has 2 aliphatic rings. The predicted molar refractivity (Wildman–Crippen MR) is 75.5 cm³/mol. The van der Waals surface area contributed by atoms with Gasteiger partial charge in [0.1, 0.15) is 12.2 Å². The summed E-state index contributed by atoms with van der Waals surface area (Å²) in [7, 11) is 0. The van der Waals surface area contributed by atoms with E-state index >= 15 is 0 Å². The summed E-state index contributed by atoms with van der Waals surface area (Å²) in [5.41, 5.74) is -0.567. The van der Waals surface area contributed by atoms with Crippen LogP contribution in [0.25, 0.3) is 0 Å². The lowest BCUT2D eigenvalue weighted by atomic mass is 9.75. The third-order valence-electron chi connectivity index (χ3n) is 4.49. The minimum absolute atomic E-state index is 0.210. The minimum atomic E-state index is -0.846. The SMILES string of the molecule is CC1(C)OC(=O)C12CCCN2C(=O)OCc1ccccc1. The Bertz CT molecular complexity index is 569. The molecule has 112 valence electrons. The van der Waals surface area contributed by atoms with Crippen LogP contribution in [0.3, 0.4) is 0 Å². The fraction of sp³-hybridized carbons (Fsp3) is 0.500. The fourth-order valence-electron chi connectivity index (χ4n) is 3.30. The van der Waals surface area contributed by atoms with Crippen LogP contribution in [-0.4, -0.2) is 34.6 Å². The van der Waals surface area contributed by atoms with Crippen LogP contribution >= 0.6 is 0 Å². The summed E-state index contributed by atoms with van der Waals surface area (Å²) in [6.45, 7) is 4.43. The number of hydrogen-bond donors (Lipinski definition) is 0. The number of hydrogen-bond acceptors (Lipinski definition) is 4. The number of carbonyl (C=O) groups is 2. The Morgan fingerprint density at radius 1 is 1.33 bits per heavy atom. The van der Waals surface area contributed by atoms with Crippen LogP contribution in [0, 0.1) is 0 Å². The second-order valence-electron chi connectivity index (χ2n) is 6.06. The highest BCUT2D eigenvalue weighted by atomic mass is 16.6. The monoisotopic (exact) mass is 289 g/mol. The Balaban J connectivity index is 1.71. The van der Waals surface area contributed by atoms with Crippen LogP contribution < -0.4 is 0 Å². The molecule has 0 radical (unpaired) electrons. The van der Waals surface area contributed by atoms with Gasteiger partial charge in [0.2, 0.25) is 0 Å². The third-order valence-corrected chi connectivity index (χ3v) is 4.49. The smallest absolute Gasteiger partial charge is 0.411 e. The molecule has 1 atom stereocenters. The van der Waals surface area contributed by atoms with Crippen molar-refractivity contribution in [2.45, 2.75) is 44.4 Å². The molecule has 2 saturated heterocycles. The molecule has 0 saturated carbocycles. The number of benzene rings is 1. The normalized spacial score (nSPS) is 26.4. The first-order valence-electron chi connectivity index (χ1n) is 7.19. The number of ether oxygens (including phenoxy) is 2. The van der Waals surface area contributed by atoms with Crippen molar-refractivity contribution in [3.05, 3.63) is 35.9 Å². The lowest BCUT2D eigenvalue weighted by Gasteiger charge is -2.54. The maximum atomic E-state index is 12.4. The molecule has 3 rings (SSSR count). The first-order valence-corrected chi connectivity index (χ1v) is 7.19. The lowest BCUT2D eigenvalue weighted by Crippen LogP contribution is -2.75. The molecule has 1 unspecified atom stereocenters. The van der Waals surface area contributed by atoms with Crippen molar-refractivity contribution in [1.29, 1.82) is 0 Å². The third kappa shape index (κ3) is 1.99. The summed E-state index contributed by atoms with van der Waals surface area (Å²) < 4.78 is 10.6. The van der Waals surface area contributed by atoms with Crippen LogP contribution in [0.5, 0.6) is 0 Å². The molecular weight excluding hydrogens is 270 g/mol. The molecule has 21 heavy (non-hydrogen) atoms. The first kappa shape index (κ1) is 13.9. The Morgan fingerprint density at radius 2 is 2.05 bits per heavy atom. The van der Waals surface area contributed by atoms with Crippen LogP contribution in [0.15, 0.2) is 30.3 Å². The maximum absolute atomic E-state index is 12.4.